The third-order valence-electron chi connectivity index (χ3n) is 2.89. The molecule has 0 saturated carbocycles. The van der Waals surface area contributed by atoms with Crippen LogP contribution in [0, 0.1) is 0 Å². The van der Waals surface area contributed by atoms with E-state index in [4.69, 9.17) is 15.2 Å². The lowest BCUT2D eigenvalue weighted by molar-refractivity contribution is -0.146. The van der Waals surface area contributed by atoms with Crippen LogP contribution in [0.2, 0.25) is 0 Å². The largest absolute Gasteiger partial charge is 0.467 e. The van der Waals surface area contributed by atoms with Crippen molar-refractivity contribution in [2.24, 2.45) is 5.73 Å². The fourth-order valence-corrected chi connectivity index (χ4v) is 1.96. The molecule has 0 heterocycles. The minimum Gasteiger partial charge on any atom is -0.467 e. The van der Waals surface area contributed by atoms with Crippen LogP contribution in [0.15, 0.2) is 0 Å². The van der Waals surface area contributed by atoms with E-state index in [2.05, 4.69) is 5.32 Å². The molecule has 0 aliphatic carbocycles. The van der Waals surface area contributed by atoms with Gasteiger partial charge in [0, 0.05) is 6.61 Å². The van der Waals surface area contributed by atoms with Crippen molar-refractivity contribution in [3.05, 3.63) is 0 Å². The van der Waals surface area contributed by atoms with Crippen molar-refractivity contribution in [2.75, 3.05) is 20.3 Å². The van der Waals surface area contributed by atoms with E-state index in [1.165, 1.54) is 7.11 Å². The quantitative estimate of drug-likeness (QED) is 0.462. The van der Waals surface area contributed by atoms with Crippen LogP contribution in [0.1, 0.15) is 46.5 Å². The fourth-order valence-electron chi connectivity index (χ4n) is 1.96. The van der Waals surface area contributed by atoms with Gasteiger partial charge in [-0.3, -0.25) is 4.79 Å². The summed E-state index contributed by atoms with van der Waals surface area (Å²) in [5, 5.41) is 2.71. The van der Waals surface area contributed by atoms with Crippen molar-refractivity contribution in [3.63, 3.8) is 0 Å². The summed E-state index contributed by atoms with van der Waals surface area (Å²) in [5.74, 6) is -0.642. The summed E-state index contributed by atoms with van der Waals surface area (Å²) in [6.45, 7) is 6.68. The molecule has 0 saturated heterocycles. The Morgan fingerprint density at radius 3 is 2.45 bits per heavy atom. The molecular formula is C14H28N2O4. The summed E-state index contributed by atoms with van der Waals surface area (Å²) in [5.41, 5.74) is 4.88. The second-order valence-corrected chi connectivity index (χ2v) is 5.30. The van der Waals surface area contributed by atoms with E-state index < -0.39 is 17.6 Å². The summed E-state index contributed by atoms with van der Waals surface area (Å²) >= 11 is 0. The molecule has 0 fully saturated rings. The van der Waals surface area contributed by atoms with Crippen molar-refractivity contribution < 1.29 is 19.1 Å². The molecule has 0 aromatic carbocycles. The Hall–Kier alpha value is -1.14. The van der Waals surface area contributed by atoms with Gasteiger partial charge in [-0.05, 0) is 46.6 Å². The molecule has 0 bridgehead atoms. The lowest BCUT2D eigenvalue weighted by atomic mass is 10.0. The van der Waals surface area contributed by atoms with Gasteiger partial charge in [0.1, 0.15) is 6.04 Å². The second-order valence-electron chi connectivity index (χ2n) is 5.30. The minimum atomic E-state index is -0.614. The maximum atomic E-state index is 12.0. The zero-order valence-corrected chi connectivity index (χ0v) is 13.0. The van der Waals surface area contributed by atoms with E-state index in [9.17, 15) is 9.59 Å². The normalized spacial score (nSPS) is 12.8. The number of ether oxygens (including phenoxy) is 2. The van der Waals surface area contributed by atoms with E-state index in [0.29, 0.717) is 19.6 Å². The number of rotatable bonds is 10. The molecule has 1 atom stereocenters. The summed E-state index contributed by atoms with van der Waals surface area (Å²) in [7, 11) is 1.31. The van der Waals surface area contributed by atoms with Gasteiger partial charge in [0.15, 0.2) is 0 Å². The van der Waals surface area contributed by atoms with Gasteiger partial charge in [-0.1, -0.05) is 0 Å². The molecule has 20 heavy (non-hydrogen) atoms. The molecule has 6 heteroatoms. The van der Waals surface area contributed by atoms with E-state index in [1.807, 2.05) is 20.8 Å². The molecule has 0 rings (SSSR count). The Morgan fingerprint density at radius 2 is 1.95 bits per heavy atom. The van der Waals surface area contributed by atoms with Crippen molar-refractivity contribution >= 4 is 11.9 Å². The molecule has 0 aromatic rings. The van der Waals surface area contributed by atoms with Crippen molar-refractivity contribution in [1.29, 1.82) is 0 Å². The molecule has 0 spiro atoms. The van der Waals surface area contributed by atoms with Gasteiger partial charge in [0.2, 0.25) is 5.91 Å². The van der Waals surface area contributed by atoms with Gasteiger partial charge in [-0.25, -0.2) is 4.79 Å². The van der Waals surface area contributed by atoms with Crippen LogP contribution in [0.4, 0.5) is 0 Å². The molecule has 118 valence electrons. The van der Waals surface area contributed by atoms with Crippen LogP contribution in [0.25, 0.3) is 0 Å². The third kappa shape index (κ3) is 8.12. The van der Waals surface area contributed by atoms with E-state index in [-0.39, 0.29) is 12.3 Å². The zero-order chi connectivity index (χ0) is 15.6. The molecule has 1 unspecified atom stereocenters. The molecule has 0 radical (unpaired) electrons. The highest BCUT2D eigenvalue weighted by atomic mass is 16.5. The highest BCUT2D eigenvalue weighted by Crippen LogP contribution is 2.14. The number of methoxy groups -OCH3 is 1. The van der Waals surface area contributed by atoms with Crippen molar-refractivity contribution in [3.8, 4) is 0 Å². The Balaban J connectivity index is 4.41. The number of hydrogen-bond acceptors (Lipinski definition) is 5. The number of unbranched alkanes of at least 4 members (excludes halogenated alkanes) is 1. The standard InChI is InChI=1S/C14H28N2O4/c1-5-20-14(2,3)10-12(17)16-11(13(18)19-4)8-6-7-9-15/h11H,5-10,15H2,1-4H3,(H,16,17). The van der Waals surface area contributed by atoms with E-state index in [0.717, 1.165) is 12.8 Å². The summed E-state index contributed by atoms with van der Waals surface area (Å²) < 4.78 is 10.2. The second kappa shape index (κ2) is 9.72. The van der Waals surface area contributed by atoms with Gasteiger partial charge in [-0.2, -0.15) is 0 Å². The maximum Gasteiger partial charge on any atom is 0.328 e. The first-order valence-corrected chi connectivity index (χ1v) is 7.07. The highest BCUT2D eigenvalue weighted by molar-refractivity contribution is 5.84. The first kappa shape index (κ1) is 18.9. The monoisotopic (exact) mass is 288 g/mol. The third-order valence-corrected chi connectivity index (χ3v) is 2.89. The predicted octanol–water partition coefficient (Wildman–Crippen LogP) is 0.978. The average Bonchev–Trinajstić information content (AvgIpc) is 2.36. The first-order chi connectivity index (χ1) is 9.36. The predicted molar refractivity (Wildman–Crippen MR) is 77.2 cm³/mol. The fraction of sp³-hybridized carbons (Fsp3) is 0.857. The number of nitrogens with two attached hydrogens (primary N) is 1. The summed E-state index contributed by atoms with van der Waals surface area (Å²) in [6, 6.07) is -0.614. The molecule has 3 N–H and O–H groups in total. The number of hydrogen-bond donors (Lipinski definition) is 2. The molecule has 0 aliphatic heterocycles. The van der Waals surface area contributed by atoms with Gasteiger partial charge in [-0.15, -0.1) is 0 Å². The van der Waals surface area contributed by atoms with Crippen LogP contribution in [-0.4, -0.2) is 43.8 Å². The van der Waals surface area contributed by atoms with E-state index >= 15 is 0 Å². The molecule has 0 aromatic heterocycles. The zero-order valence-electron chi connectivity index (χ0n) is 13.0. The summed E-state index contributed by atoms with van der Waals surface area (Å²) in [4.78, 5) is 23.6. The number of carbonyl (C=O) groups excluding carboxylic acids is 2. The van der Waals surface area contributed by atoms with Crippen LogP contribution in [0.5, 0.6) is 0 Å². The maximum absolute atomic E-state index is 12.0. The molecule has 0 aliphatic rings. The van der Waals surface area contributed by atoms with Gasteiger partial charge in [0.25, 0.3) is 0 Å². The van der Waals surface area contributed by atoms with Crippen molar-refractivity contribution in [1.82, 2.24) is 5.32 Å². The summed E-state index contributed by atoms with van der Waals surface area (Å²) in [6.07, 6.45) is 2.31. The van der Waals surface area contributed by atoms with Crippen LogP contribution in [0.3, 0.4) is 0 Å². The number of esters is 1. The Bertz CT molecular complexity index is 306. The van der Waals surface area contributed by atoms with Gasteiger partial charge >= 0.3 is 5.97 Å². The SMILES string of the molecule is CCOC(C)(C)CC(=O)NC(CCCCN)C(=O)OC. The van der Waals surface area contributed by atoms with Gasteiger partial charge < -0.3 is 20.5 Å². The Labute approximate surface area is 121 Å². The molecular weight excluding hydrogens is 260 g/mol. The lowest BCUT2D eigenvalue weighted by Crippen LogP contribution is -2.44. The topological polar surface area (TPSA) is 90.6 Å². The molecule has 1 amide bonds. The number of carbonyl (C=O) groups is 2. The van der Waals surface area contributed by atoms with Crippen molar-refractivity contribution in [2.45, 2.75) is 58.1 Å². The molecule has 6 nitrogen and oxygen atoms in total. The first-order valence-electron chi connectivity index (χ1n) is 7.07. The van der Waals surface area contributed by atoms with Crippen LogP contribution in [-0.2, 0) is 19.1 Å². The van der Waals surface area contributed by atoms with Gasteiger partial charge in [0.05, 0.1) is 19.1 Å². The van der Waals surface area contributed by atoms with E-state index in [1.54, 1.807) is 0 Å². The highest BCUT2D eigenvalue weighted by Gasteiger charge is 2.26. The minimum absolute atomic E-state index is 0.200. The van der Waals surface area contributed by atoms with Crippen LogP contribution >= 0.6 is 0 Å². The number of amides is 1. The Morgan fingerprint density at radius 1 is 1.30 bits per heavy atom. The smallest absolute Gasteiger partial charge is 0.328 e. The van der Waals surface area contributed by atoms with Crippen LogP contribution < -0.4 is 11.1 Å². The number of nitrogens with one attached hydrogen (secondary N) is 1. The lowest BCUT2D eigenvalue weighted by Gasteiger charge is -2.25. The Kier molecular flexibility index (Phi) is 9.16. The average molecular weight is 288 g/mol.